The molecule has 0 spiro atoms. The predicted octanol–water partition coefficient (Wildman–Crippen LogP) is 4.32. The van der Waals surface area contributed by atoms with Crippen LogP contribution in [0.3, 0.4) is 0 Å². The van der Waals surface area contributed by atoms with E-state index in [0.29, 0.717) is 5.82 Å². The Balaban J connectivity index is 1.69. The maximum Gasteiger partial charge on any atom is 0.270 e. The van der Waals surface area contributed by atoms with Crippen LogP contribution in [0.4, 0.5) is 17.5 Å². The number of nitro benzene ring substituents is 1. The second-order valence-electron chi connectivity index (χ2n) is 7.37. The van der Waals surface area contributed by atoms with Crippen molar-refractivity contribution < 1.29 is 4.92 Å². The number of rotatable bonds is 7. The molecule has 4 rings (SSSR count). The first kappa shape index (κ1) is 20.5. The molecule has 1 unspecified atom stereocenters. The summed E-state index contributed by atoms with van der Waals surface area (Å²) in [5.74, 6) is 0.873. The van der Waals surface area contributed by atoms with Crippen LogP contribution in [-0.4, -0.2) is 39.0 Å². The minimum Gasteiger partial charge on any atom is -0.368 e. The van der Waals surface area contributed by atoms with E-state index in [4.69, 9.17) is 5.73 Å². The molecule has 8 heteroatoms. The van der Waals surface area contributed by atoms with Crippen LogP contribution in [0, 0.1) is 10.1 Å². The Hall–Kier alpha value is -3.78. The number of hydrogen-bond acceptors (Lipinski definition) is 7. The Morgan fingerprint density at radius 2 is 1.81 bits per heavy atom. The lowest BCUT2D eigenvalue weighted by molar-refractivity contribution is -0.384. The zero-order valence-corrected chi connectivity index (χ0v) is 17.2. The number of nitrogens with zero attached hydrogens (tertiary/aromatic N) is 4. The quantitative estimate of drug-likeness (QED) is 0.335. The summed E-state index contributed by atoms with van der Waals surface area (Å²) in [4.78, 5) is 21.7. The average Bonchev–Trinajstić information content (AvgIpc) is 3.32. The van der Waals surface area contributed by atoms with E-state index in [0.717, 1.165) is 41.8 Å². The number of nitrogen functional groups attached to an aromatic ring is 1. The molecule has 158 valence electrons. The van der Waals surface area contributed by atoms with Crippen LogP contribution in [0.1, 0.15) is 13.3 Å². The third kappa shape index (κ3) is 4.54. The molecular weight excluding hydrogens is 392 g/mol. The maximum atomic E-state index is 11.2. The van der Waals surface area contributed by atoms with Crippen molar-refractivity contribution in [2.24, 2.45) is 0 Å². The molecule has 0 radical (unpaired) electrons. The number of benzene rings is 2. The van der Waals surface area contributed by atoms with Crippen molar-refractivity contribution in [1.29, 1.82) is 0 Å². The van der Waals surface area contributed by atoms with Gasteiger partial charge in [0.25, 0.3) is 5.69 Å². The van der Waals surface area contributed by atoms with E-state index in [1.165, 1.54) is 6.07 Å². The Bertz CT molecular complexity index is 1120. The summed E-state index contributed by atoms with van der Waals surface area (Å²) in [7, 11) is 0. The fourth-order valence-corrected chi connectivity index (χ4v) is 3.74. The van der Waals surface area contributed by atoms with Crippen molar-refractivity contribution in [3.8, 4) is 22.3 Å². The number of nitrogens with one attached hydrogen (secondary N) is 1. The van der Waals surface area contributed by atoms with Gasteiger partial charge in [-0.05, 0) is 29.2 Å². The van der Waals surface area contributed by atoms with Gasteiger partial charge >= 0.3 is 0 Å². The normalized spacial score (nSPS) is 14.5. The molecule has 3 aromatic rings. The average molecular weight is 416 g/mol. The number of nitro groups is 1. The molecule has 31 heavy (non-hydrogen) atoms. The fraction of sp³-hybridized carbons (Fsp3) is 0.217. The standard InChI is InChI=1S/C23H24N6O2/c1-2-21(28-11-3-4-12-28)26-22-20(15-25-23(24)27-22)18-9-5-7-16(13-18)17-8-6-10-19(14-17)29(30)31/h3-10,13-15,21H,2,11-12H2,1H3,(H3,24,25,26,27). The van der Waals surface area contributed by atoms with Crippen LogP contribution in [0.15, 0.2) is 66.9 Å². The van der Waals surface area contributed by atoms with Gasteiger partial charge in [0.1, 0.15) is 5.82 Å². The molecule has 2 aromatic carbocycles. The van der Waals surface area contributed by atoms with Gasteiger partial charge in [0.05, 0.1) is 11.1 Å². The Labute approximate surface area is 180 Å². The van der Waals surface area contributed by atoms with Gasteiger partial charge in [0.15, 0.2) is 0 Å². The van der Waals surface area contributed by atoms with Gasteiger partial charge in [-0.2, -0.15) is 4.98 Å². The minimum atomic E-state index is -0.388. The molecule has 3 N–H and O–H groups in total. The zero-order chi connectivity index (χ0) is 21.8. The van der Waals surface area contributed by atoms with Crippen molar-refractivity contribution >= 4 is 17.5 Å². The SMILES string of the molecule is CCC(Nc1nc(N)ncc1-c1cccc(-c2cccc([N+](=O)[O-])c2)c1)N1CC=CC1. The molecule has 1 aliphatic rings. The Morgan fingerprint density at radius 3 is 2.52 bits per heavy atom. The summed E-state index contributed by atoms with van der Waals surface area (Å²) < 4.78 is 0. The molecule has 0 fully saturated rings. The Morgan fingerprint density at radius 1 is 1.13 bits per heavy atom. The highest BCUT2D eigenvalue weighted by molar-refractivity contribution is 5.79. The molecule has 0 saturated carbocycles. The minimum absolute atomic E-state index is 0.0612. The smallest absolute Gasteiger partial charge is 0.270 e. The van der Waals surface area contributed by atoms with Gasteiger partial charge in [-0.15, -0.1) is 0 Å². The van der Waals surface area contributed by atoms with E-state index in [1.807, 2.05) is 30.3 Å². The lowest BCUT2D eigenvalue weighted by Crippen LogP contribution is -2.39. The van der Waals surface area contributed by atoms with Crippen LogP contribution < -0.4 is 11.1 Å². The highest BCUT2D eigenvalue weighted by atomic mass is 16.6. The van der Waals surface area contributed by atoms with Crippen molar-refractivity contribution in [3.05, 3.63) is 77.0 Å². The number of aromatic nitrogens is 2. The van der Waals surface area contributed by atoms with E-state index in [1.54, 1.807) is 18.3 Å². The van der Waals surface area contributed by atoms with Crippen molar-refractivity contribution in [3.63, 3.8) is 0 Å². The molecule has 1 atom stereocenters. The van der Waals surface area contributed by atoms with Gasteiger partial charge in [-0.25, -0.2) is 4.98 Å². The van der Waals surface area contributed by atoms with Crippen molar-refractivity contribution in [1.82, 2.24) is 14.9 Å². The van der Waals surface area contributed by atoms with Gasteiger partial charge in [0, 0.05) is 37.0 Å². The van der Waals surface area contributed by atoms with Gasteiger partial charge in [-0.1, -0.05) is 49.4 Å². The molecule has 1 aromatic heterocycles. The number of non-ortho nitro benzene ring substituents is 1. The number of nitrogens with two attached hydrogens (primary N) is 1. The third-order valence-electron chi connectivity index (χ3n) is 5.35. The van der Waals surface area contributed by atoms with Crippen molar-refractivity contribution in [2.75, 3.05) is 24.1 Å². The molecule has 1 aliphatic heterocycles. The summed E-state index contributed by atoms with van der Waals surface area (Å²) in [6, 6.07) is 14.4. The van der Waals surface area contributed by atoms with Gasteiger partial charge in [0.2, 0.25) is 5.95 Å². The van der Waals surface area contributed by atoms with Crippen LogP contribution >= 0.6 is 0 Å². The molecule has 0 aliphatic carbocycles. The van der Waals surface area contributed by atoms with Crippen LogP contribution in [0.5, 0.6) is 0 Å². The monoisotopic (exact) mass is 416 g/mol. The maximum absolute atomic E-state index is 11.2. The van der Waals surface area contributed by atoms with E-state index in [-0.39, 0.29) is 22.7 Å². The summed E-state index contributed by atoms with van der Waals surface area (Å²) in [5.41, 5.74) is 9.33. The first-order chi connectivity index (χ1) is 15.0. The predicted molar refractivity (Wildman–Crippen MR) is 122 cm³/mol. The zero-order valence-electron chi connectivity index (χ0n) is 17.2. The summed E-state index contributed by atoms with van der Waals surface area (Å²) >= 11 is 0. The number of hydrogen-bond donors (Lipinski definition) is 2. The topological polar surface area (TPSA) is 110 Å². The van der Waals surface area contributed by atoms with E-state index in [2.05, 4.69) is 39.3 Å². The summed E-state index contributed by atoms with van der Waals surface area (Å²) in [6.07, 6.45) is 7.04. The summed E-state index contributed by atoms with van der Waals surface area (Å²) in [5, 5.41) is 14.7. The van der Waals surface area contributed by atoms with Crippen LogP contribution in [0.2, 0.25) is 0 Å². The third-order valence-corrected chi connectivity index (χ3v) is 5.35. The second-order valence-corrected chi connectivity index (χ2v) is 7.37. The second kappa shape index (κ2) is 8.93. The van der Waals surface area contributed by atoms with E-state index >= 15 is 0 Å². The van der Waals surface area contributed by atoms with Gasteiger partial charge < -0.3 is 11.1 Å². The highest BCUT2D eigenvalue weighted by Gasteiger charge is 2.20. The molecule has 0 saturated heterocycles. The first-order valence-corrected chi connectivity index (χ1v) is 10.2. The summed E-state index contributed by atoms with van der Waals surface area (Å²) in [6.45, 7) is 3.91. The molecule has 0 bridgehead atoms. The van der Waals surface area contributed by atoms with E-state index in [9.17, 15) is 10.1 Å². The van der Waals surface area contributed by atoms with Crippen LogP contribution in [-0.2, 0) is 0 Å². The molecule has 2 heterocycles. The van der Waals surface area contributed by atoms with Crippen molar-refractivity contribution in [2.45, 2.75) is 19.5 Å². The highest BCUT2D eigenvalue weighted by Crippen LogP contribution is 2.32. The lowest BCUT2D eigenvalue weighted by atomic mass is 9.99. The lowest BCUT2D eigenvalue weighted by Gasteiger charge is -2.28. The fourth-order valence-electron chi connectivity index (χ4n) is 3.74. The van der Waals surface area contributed by atoms with Crippen LogP contribution in [0.25, 0.3) is 22.3 Å². The van der Waals surface area contributed by atoms with E-state index < -0.39 is 0 Å². The molecule has 0 amide bonds. The number of anilines is 2. The molecular formula is C23H24N6O2. The molecule has 8 nitrogen and oxygen atoms in total. The Kier molecular flexibility index (Phi) is 5.90. The first-order valence-electron chi connectivity index (χ1n) is 10.2. The van der Waals surface area contributed by atoms with Gasteiger partial charge in [-0.3, -0.25) is 15.0 Å². The largest absolute Gasteiger partial charge is 0.368 e.